The van der Waals surface area contributed by atoms with Gasteiger partial charge < -0.3 is 9.47 Å². The quantitative estimate of drug-likeness (QED) is 0.860. The highest BCUT2D eigenvalue weighted by Crippen LogP contribution is 2.40. The largest absolute Gasteiger partial charge is 0.353 e. The number of likely N-dealkylation sites (tertiary alicyclic amines) is 2. The predicted molar refractivity (Wildman–Crippen MR) is 96.7 cm³/mol. The van der Waals surface area contributed by atoms with Gasteiger partial charge in [0.15, 0.2) is 0 Å². The van der Waals surface area contributed by atoms with E-state index in [1.807, 2.05) is 24.5 Å². The minimum atomic E-state index is 0.0606. The van der Waals surface area contributed by atoms with Gasteiger partial charge in [-0.05, 0) is 49.1 Å². The topological polar surface area (TPSA) is 41.4 Å². The van der Waals surface area contributed by atoms with Crippen molar-refractivity contribution in [2.75, 3.05) is 13.1 Å². The molecule has 0 atom stereocenters. The number of hydrogen-bond donors (Lipinski definition) is 0. The van der Waals surface area contributed by atoms with Crippen LogP contribution in [0.15, 0.2) is 42.9 Å². The van der Waals surface area contributed by atoms with Crippen LogP contribution < -0.4 is 0 Å². The lowest BCUT2D eigenvalue weighted by atomic mass is 9.84. The first kappa shape index (κ1) is 16.3. The van der Waals surface area contributed by atoms with Crippen LogP contribution in [0.1, 0.15) is 36.9 Å². The second kappa shape index (κ2) is 6.64. The van der Waals surface area contributed by atoms with Gasteiger partial charge in [0.2, 0.25) is 5.91 Å². The van der Waals surface area contributed by atoms with Crippen LogP contribution >= 0.6 is 0 Å². The lowest BCUT2D eigenvalue weighted by Gasteiger charge is -2.45. The van der Waals surface area contributed by atoms with Crippen molar-refractivity contribution in [3.63, 3.8) is 0 Å². The number of piperidine rings is 1. The molecule has 0 bridgehead atoms. The molecule has 0 N–H and O–H groups in total. The minimum absolute atomic E-state index is 0.0606. The molecular weight excluding hydrogens is 312 g/mol. The molecule has 0 radical (unpaired) electrons. The molecule has 2 saturated heterocycles. The van der Waals surface area contributed by atoms with E-state index in [0.29, 0.717) is 12.3 Å². The molecule has 0 saturated carbocycles. The van der Waals surface area contributed by atoms with Crippen LogP contribution in [0.25, 0.3) is 0 Å². The first-order chi connectivity index (χ1) is 12.2. The van der Waals surface area contributed by atoms with E-state index in [1.165, 1.54) is 11.3 Å². The Morgan fingerprint density at radius 2 is 1.84 bits per heavy atom. The Bertz CT molecular complexity index is 731. The molecule has 25 heavy (non-hydrogen) atoms. The van der Waals surface area contributed by atoms with E-state index in [2.05, 4.69) is 44.7 Å². The zero-order valence-electron chi connectivity index (χ0n) is 14.9. The fourth-order valence-corrected chi connectivity index (χ4v) is 4.34. The first-order valence-electron chi connectivity index (χ1n) is 9.18. The molecule has 4 rings (SSSR count). The van der Waals surface area contributed by atoms with Gasteiger partial charge in [0, 0.05) is 69.5 Å². The Labute approximate surface area is 149 Å². The number of rotatable bonds is 4. The Kier molecular flexibility index (Phi) is 4.34. The van der Waals surface area contributed by atoms with Crippen molar-refractivity contribution in [3.05, 3.63) is 54.1 Å². The summed E-state index contributed by atoms with van der Waals surface area (Å²) in [5.74, 6) is 0.313. The molecular formula is C20H26N4O. The van der Waals surface area contributed by atoms with Crippen molar-refractivity contribution >= 4 is 5.91 Å². The summed E-state index contributed by atoms with van der Waals surface area (Å²) in [7, 11) is 2.10. The second-order valence-corrected chi connectivity index (χ2v) is 7.45. The molecule has 1 amide bonds. The molecule has 132 valence electrons. The minimum Gasteiger partial charge on any atom is -0.353 e. The van der Waals surface area contributed by atoms with Crippen LogP contribution in [-0.4, -0.2) is 43.9 Å². The van der Waals surface area contributed by atoms with Crippen molar-refractivity contribution in [1.82, 2.24) is 19.4 Å². The monoisotopic (exact) mass is 338 g/mol. The van der Waals surface area contributed by atoms with Crippen molar-refractivity contribution in [2.24, 2.45) is 7.05 Å². The van der Waals surface area contributed by atoms with Crippen LogP contribution in [0.4, 0.5) is 0 Å². The fourth-order valence-electron chi connectivity index (χ4n) is 4.34. The molecule has 2 fully saturated rings. The first-order valence-corrected chi connectivity index (χ1v) is 9.18. The molecule has 0 unspecified atom stereocenters. The molecule has 2 aliphatic heterocycles. The van der Waals surface area contributed by atoms with Crippen LogP contribution in [-0.2, 0) is 24.9 Å². The van der Waals surface area contributed by atoms with Gasteiger partial charge in [-0.15, -0.1) is 0 Å². The Hall–Kier alpha value is -2.14. The summed E-state index contributed by atoms with van der Waals surface area (Å²) in [5, 5.41) is 0. The van der Waals surface area contributed by atoms with E-state index in [4.69, 9.17) is 0 Å². The summed E-state index contributed by atoms with van der Waals surface area (Å²) in [6.45, 7) is 3.84. The lowest BCUT2D eigenvalue weighted by molar-refractivity contribution is -0.133. The summed E-state index contributed by atoms with van der Waals surface area (Å²) in [5.41, 5.74) is 2.59. The fraction of sp³-hybridized carbons (Fsp3) is 0.500. The zero-order valence-corrected chi connectivity index (χ0v) is 14.9. The van der Waals surface area contributed by atoms with Gasteiger partial charge >= 0.3 is 0 Å². The third-order valence-corrected chi connectivity index (χ3v) is 5.99. The number of aromatic nitrogens is 2. The molecule has 1 spiro atoms. The molecule has 0 aliphatic carbocycles. The van der Waals surface area contributed by atoms with Crippen molar-refractivity contribution in [3.8, 4) is 0 Å². The maximum atomic E-state index is 12.5. The number of aryl methyl sites for hydroxylation is 1. The highest BCUT2D eigenvalue weighted by atomic mass is 16.2. The molecule has 2 aromatic heterocycles. The molecule has 4 heterocycles. The summed E-state index contributed by atoms with van der Waals surface area (Å²) in [6.07, 6.45) is 9.59. The Balaban J connectivity index is 1.43. The zero-order chi connectivity index (χ0) is 17.3. The number of amides is 1. The number of nitrogens with zero attached hydrogens (tertiary/aromatic N) is 4. The van der Waals surface area contributed by atoms with E-state index in [9.17, 15) is 4.79 Å². The maximum Gasteiger partial charge on any atom is 0.223 e. The molecule has 2 aliphatic rings. The Morgan fingerprint density at radius 3 is 2.52 bits per heavy atom. The van der Waals surface area contributed by atoms with Crippen LogP contribution in [0.3, 0.4) is 0 Å². The van der Waals surface area contributed by atoms with E-state index >= 15 is 0 Å². The number of pyridine rings is 1. The lowest BCUT2D eigenvalue weighted by Crippen LogP contribution is -2.52. The smallest absolute Gasteiger partial charge is 0.223 e. The van der Waals surface area contributed by atoms with E-state index in [1.54, 1.807) is 0 Å². The van der Waals surface area contributed by atoms with Gasteiger partial charge in [-0.25, -0.2) is 0 Å². The maximum absolute atomic E-state index is 12.5. The number of hydrogen-bond acceptors (Lipinski definition) is 3. The molecule has 2 aromatic rings. The third kappa shape index (κ3) is 3.21. The van der Waals surface area contributed by atoms with Gasteiger partial charge in [-0.1, -0.05) is 0 Å². The highest BCUT2D eigenvalue weighted by molar-refractivity contribution is 5.79. The predicted octanol–water partition coefficient (Wildman–Crippen LogP) is 2.58. The molecule has 5 heteroatoms. The molecule has 0 aromatic carbocycles. The van der Waals surface area contributed by atoms with Gasteiger partial charge in [-0.3, -0.25) is 14.7 Å². The normalized spacial score (nSPS) is 20.5. The summed E-state index contributed by atoms with van der Waals surface area (Å²) >= 11 is 0. The highest BCUT2D eigenvalue weighted by Gasteiger charge is 2.46. The van der Waals surface area contributed by atoms with Crippen LogP contribution in [0.5, 0.6) is 0 Å². The van der Waals surface area contributed by atoms with Crippen molar-refractivity contribution in [1.29, 1.82) is 0 Å². The van der Waals surface area contributed by atoms with Gasteiger partial charge in [0.1, 0.15) is 0 Å². The van der Waals surface area contributed by atoms with Crippen LogP contribution in [0, 0.1) is 0 Å². The number of carbonyl (C=O) groups excluding carboxylic acids is 1. The second-order valence-electron chi connectivity index (χ2n) is 7.45. The third-order valence-electron chi connectivity index (χ3n) is 5.99. The van der Waals surface area contributed by atoms with Gasteiger partial charge in [0.05, 0.1) is 0 Å². The number of carbonyl (C=O) groups is 1. The van der Waals surface area contributed by atoms with Gasteiger partial charge in [0.25, 0.3) is 0 Å². The van der Waals surface area contributed by atoms with Crippen molar-refractivity contribution < 1.29 is 4.79 Å². The van der Waals surface area contributed by atoms with E-state index < -0.39 is 0 Å². The molecule has 5 nitrogen and oxygen atoms in total. The van der Waals surface area contributed by atoms with E-state index in [0.717, 1.165) is 45.4 Å². The summed E-state index contributed by atoms with van der Waals surface area (Å²) in [6, 6.07) is 8.33. The standard InChI is InChI=1S/C20H26N4O/c1-22-12-2-3-18(22)16-23-13-8-20(9-14-23)7-4-19(25)24(20)15-17-5-10-21-11-6-17/h2-3,5-6,10-12H,4,7-9,13-16H2,1H3. The van der Waals surface area contributed by atoms with Crippen LogP contribution in [0.2, 0.25) is 0 Å². The summed E-state index contributed by atoms with van der Waals surface area (Å²) < 4.78 is 2.19. The SMILES string of the molecule is Cn1cccc1CN1CCC2(CCC(=O)N2Cc2ccncc2)CC1. The van der Waals surface area contributed by atoms with Gasteiger partial charge in [-0.2, -0.15) is 0 Å². The summed E-state index contributed by atoms with van der Waals surface area (Å²) in [4.78, 5) is 21.3. The Morgan fingerprint density at radius 1 is 1.08 bits per heavy atom. The van der Waals surface area contributed by atoms with Crippen molar-refractivity contribution in [2.45, 2.75) is 44.3 Å². The van der Waals surface area contributed by atoms with E-state index in [-0.39, 0.29) is 5.54 Å². The average molecular weight is 338 g/mol. The average Bonchev–Trinajstić information content (AvgIpc) is 3.17.